The molecule has 26 rings (SSSR count). The Bertz CT molecular complexity index is 7790. The maximum absolute atomic E-state index is 2.40. The second-order valence-corrected chi connectivity index (χ2v) is 37.0. The van der Waals surface area contributed by atoms with Gasteiger partial charge < -0.3 is 37.5 Å². The topological polar surface area (TPSA) is 34.4 Å². The number of anilines is 9. The molecule has 0 spiro atoms. The summed E-state index contributed by atoms with van der Waals surface area (Å²) in [5.74, 6) is 0. The summed E-state index contributed by atoms with van der Waals surface area (Å²) in [5.41, 5.74) is 36.1. The molecule has 0 saturated heterocycles. The molecule has 8 heteroatoms. The van der Waals surface area contributed by atoms with Gasteiger partial charge in [-0.2, -0.15) is 0 Å². The molecule has 1 aliphatic carbocycles. The van der Waals surface area contributed by atoms with Crippen LogP contribution in [0.1, 0.15) is 65.5 Å². The van der Waals surface area contributed by atoms with Gasteiger partial charge in [0.15, 0.2) is 0 Å². The highest BCUT2D eigenvalue weighted by molar-refractivity contribution is 6.14. The van der Waals surface area contributed by atoms with Crippen molar-refractivity contribution in [3.63, 3.8) is 0 Å². The summed E-state index contributed by atoms with van der Waals surface area (Å²) in [5, 5.41) is 12.7. The van der Waals surface area contributed by atoms with E-state index >= 15 is 0 Å². The predicted octanol–water partition coefficient (Wildman–Crippen LogP) is 35.4. The van der Waals surface area contributed by atoms with Gasteiger partial charge in [0.1, 0.15) is 0 Å². The molecule has 5 aromatic heterocycles. The number of benzene rings is 20. The first-order valence-corrected chi connectivity index (χ1v) is 48.3. The van der Waals surface area contributed by atoms with E-state index in [2.05, 4.69) is 551 Å². The van der Waals surface area contributed by atoms with E-state index in [0.29, 0.717) is 0 Å². The van der Waals surface area contributed by atoms with Crippen molar-refractivity contribution < 1.29 is 0 Å². The molecule has 5 heterocycles. The van der Waals surface area contributed by atoms with Gasteiger partial charge >= 0.3 is 0 Å². The minimum Gasteiger partial charge on any atom is -0.311 e. The standard InChI is InChI=1S/C54H36N4.C46H46N2.C30H20N2/c1-7-19-49-43(13-1)44-14-2-8-20-50(44)56(49)40-31-25-37(26-32-40)55(38-27-33-41(34-28-38)57-51-21-9-3-15-45(51)46-16-4-10-22-52(46)57)39-29-35-42(36-30-39)58-53-23-11-5-17-47(53)48-18-6-12-24-54(48)58;1-34-8-20-40(21-9-34)47(41-22-10-35(2)11-23-41)44-28-16-38(17-29-44)46(32-6-5-7-33-46)39-18-30-45(31-19-39)48(42-24-12-36(3)13-25-42)43-26-14-37(4)15-27-43;1-5-16-27-23(12-1)24-13-2-6-17-28(24)31(27)21-10-9-11-22(20-21)32-29-18-7-3-14-25(29)26-15-4-8-19-30(26)32/h1-36H;8-31H,5-7,32-33H2,1-4H3;1-20H. The number of rotatable bonds is 16. The molecule has 0 unspecified atom stereocenters. The Kier molecular flexibility index (Phi) is 21.7. The summed E-state index contributed by atoms with van der Waals surface area (Å²) in [4.78, 5) is 7.10. The number of hydrogen-bond acceptors (Lipinski definition) is 3. The first-order chi connectivity index (χ1) is 68.1. The number of fused-ring (bicyclic) bond motifs is 15. The number of para-hydroxylation sites is 10. The predicted molar refractivity (Wildman–Crippen MR) is 584 cm³/mol. The summed E-state index contributed by atoms with van der Waals surface area (Å²) in [7, 11) is 0. The molecule has 0 bridgehead atoms. The normalized spacial score (nSPS) is 12.6. The van der Waals surface area contributed by atoms with E-state index in [1.54, 1.807) is 0 Å². The third-order valence-electron chi connectivity index (χ3n) is 28.6. The fourth-order valence-electron chi connectivity index (χ4n) is 21.9. The zero-order chi connectivity index (χ0) is 92.3. The number of aryl methyl sites for hydroxylation is 4. The van der Waals surface area contributed by atoms with Gasteiger partial charge in [0, 0.05) is 139 Å². The van der Waals surface area contributed by atoms with Gasteiger partial charge in [0.2, 0.25) is 0 Å². The van der Waals surface area contributed by atoms with Gasteiger partial charge in [-0.3, -0.25) is 0 Å². The van der Waals surface area contributed by atoms with Crippen molar-refractivity contribution in [3.8, 4) is 28.4 Å². The fourth-order valence-corrected chi connectivity index (χ4v) is 21.9. The smallest absolute Gasteiger partial charge is 0.0541 e. The van der Waals surface area contributed by atoms with Crippen LogP contribution in [-0.4, -0.2) is 22.8 Å². The van der Waals surface area contributed by atoms with Crippen LogP contribution in [0.4, 0.5) is 51.2 Å². The SMILES string of the molecule is Cc1ccc(N(c2ccc(C)cc2)c2ccc(C3(c4ccc(N(c5ccc(C)cc5)c5ccc(C)cc5)cc4)CCCCC3)cc2)cc1.c1cc(-n2c3ccccc3c3ccccc32)cc(-n2c3ccccc3c3ccccc32)c1.c1ccc2c(c1)c1ccccc1n2-c1ccc(N(c2ccc(-n3c4ccccc4c4ccccc43)cc2)c2ccc(-n3c4ccccc4c4ccccc43)cc2)cc1. The fraction of sp³-hybridized carbons (Fsp3) is 0.0769. The van der Waals surface area contributed by atoms with Crippen LogP contribution in [0.25, 0.3) is 137 Å². The van der Waals surface area contributed by atoms with Crippen LogP contribution in [0.15, 0.2) is 485 Å². The molecule has 0 aliphatic heterocycles. The highest BCUT2D eigenvalue weighted by Gasteiger charge is 2.37. The summed E-state index contributed by atoms with van der Waals surface area (Å²) >= 11 is 0. The first-order valence-electron chi connectivity index (χ1n) is 48.3. The first kappa shape index (κ1) is 83.8. The van der Waals surface area contributed by atoms with Crippen molar-refractivity contribution in [3.05, 3.63) is 519 Å². The lowest BCUT2D eigenvalue weighted by Crippen LogP contribution is -2.30. The Labute approximate surface area is 804 Å². The van der Waals surface area contributed by atoms with Crippen LogP contribution < -0.4 is 14.7 Å². The van der Waals surface area contributed by atoms with Crippen molar-refractivity contribution in [2.24, 2.45) is 0 Å². The summed E-state index contributed by atoms with van der Waals surface area (Å²) < 4.78 is 11.9. The van der Waals surface area contributed by atoms with Gasteiger partial charge in [0.05, 0.1) is 55.2 Å². The number of nitrogens with zero attached hydrogens (tertiary/aromatic N) is 8. The third kappa shape index (κ3) is 15.1. The van der Waals surface area contributed by atoms with Crippen LogP contribution in [0.5, 0.6) is 0 Å². The van der Waals surface area contributed by atoms with Gasteiger partial charge in [-0.15, -0.1) is 0 Å². The third-order valence-corrected chi connectivity index (χ3v) is 28.6. The zero-order valence-electron chi connectivity index (χ0n) is 77.8. The minimum atomic E-state index is 0.00636. The Hall–Kier alpha value is -17.2. The minimum absolute atomic E-state index is 0.00636. The van der Waals surface area contributed by atoms with Crippen molar-refractivity contribution >= 4 is 160 Å². The number of hydrogen-bond donors (Lipinski definition) is 0. The average Bonchev–Trinajstić information content (AvgIpc) is 1.57. The second-order valence-electron chi connectivity index (χ2n) is 37.0. The molecule has 0 N–H and O–H groups in total. The average molecular weight is 1780 g/mol. The molecule has 0 atom stereocenters. The quantitative estimate of drug-likeness (QED) is 0.0967. The molecule has 1 saturated carbocycles. The van der Waals surface area contributed by atoms with E-state index in [0.717, 1.165) is 34.1 Å². The lowest BCUT2D eigenvalue weighted by Gasteiger charge is -2.39. The van der Waals surface area contributed by atoms with Crippen LogP contribution >= 0.6 is 0 Å². The van der Waals surface area contributed by atoms with Crippen LogP contribution in [0.2, 0.25) is 0 Å². The van der Waals surface area contributed by atoms with Crippen LogP contribution in [0.3, 0.4) is 0 Å². The second kappa shape index (κ2) is 35.6. The van der Waals surface area contributed by atoms with Crippen LogP contribution in [-0.2, 0) is 5.41 Å². The maximum Gasteiger partial charge on any atom is 0.0541 e. The molecule has 0 amide bonds. The molecular weight excluding hydrogens is 1670 g/mol. The Morgan fingerprint density at radius 1 is 0.159 bits per heavy atom. The highest BCUT2D eigenvalue weighted by atomic mass is 15.2. The lowest BCUT2D eigenvalue weighted by atomic mass is 9.65. The van der Waals surface area contributed by atoms with Crippen molar-refractivity contribution in [1.82, 2.24) is 22.8 Å². The van der Waals surface area contributed by atoms with Gasteiger partial charge in [-0.25, -0.2) is 0 Å². The maximum atomic E-state index is 2.40. The van der Waals surface area contributed by atoms with Crippen molar-refractivity contribution in [2.45, 2.75) is 65.2 Å². The Morgan fingerprint density at radius 3 is 0.522 bits per heavy atom. The molecule has 25 aromatic rings. The molecule has 0 radical (unpaired) electrons. The Morgan fingerprint density at radius 2 is 0.326 bits per heavy atom. The Balaban J connectivity index is 0.000000117. The molecule has 8 nitrogen and oxygen atoms in total. The molecule has 662 valence electrons. The van der Waals surface area contributed by atoms with Gasteiger partial charge in [-0.05, 0) is 276 Å². The molecule has 20 aromatic carbocycles. The summed E-state index contributed by atoms with van der Waals surface area (Å²) in [6, 6.07) is 177. The summed E-state index contributed by atoms with van der Waals surface area (Å²) in [6.07, 6.45) is 6.15. The van der Waals surface area contributed by atoms with Gasteiger partial charge in [-0.1, -0.05) is 302 Å². The molecule has 1 aliphatic rings. The zero-order valence-corrected chi connectivity index (χ0v) is 77.8. The van der Waals surface area contributed by atoms with Crippen LogP contribution in [0, 0.1) is 27.7 Å². The van der Waals surface area contributed by atoms with E-state index in [-0.39, 0.29) is 5.41 Å². The van der Waals surface area contributed by atoms with E-state index < -0.39 is 0 Å². The molecular formula is C130H102N8. The largest absolute Gasteiger partial charge is 0.311 e. The highest BCUT2D eigenvalue weighted by Crippen LogP contribution is 2.49. The summed E-state index contributed by atoms with van der Waals surface area (Å²) in [6.45, 7) is 8.59. The molecule has 1 fully saturated rings. The van der Waals surface area contributed by atoms with E-state index in [1.807, 2.05) is 0 Å². The number of aromatic nitrogens is 5. The van der Waals surface area contributed by atoms with Crippen molar-refractivity contribution in [1.29, 1.82) is 0 Å². The van der Waals surface area contributed by atoms with E-state index in [1.165, 1.54) is 220 Å². The van der Waals surface area contributed by atoms with Crippen molar-refractivity contribution in [2.75, 3.05) is 14.7 Å². The van der Waals surface area contributed by atoms with Gasteiger partial charge in [0.25, 0.3) is 0 Å². The molecule has 138 heavy (non-hydrogen) atoms. The van der Waals surface area contributed by atoms with E-state index in [4.69, 9.17) is 0 Å². The monoisotopic (exact) mass is 1770 g/mol. The lowest BCUT2D eigenvalue weighted by molar-refractivity contribution is 0.346. The van der Waals surface area contributed by atoms with E-state index in [9.17, 15) is 0 Å².